The molecule has 0 radical (unpaired) electrons. The van der Waals surface area contributed by atoms with E-state index in [1.165, 1.54) is 12.3 Å². The number of rotatable bonds is 4. The Morgan fingerprint density at radius 1 is 1.35 bits per heavy atom. The number of nitrogens with one attached hydrogen (secondary N) is 1. The summed E-state index contributed by atoms with van der Waals surface area (Å²) in [6.45, 7) is 1.62. The number of hydrogen-bond acceptors (Lipinski definition) is 4. The van der Waals surface area contributed by atoms with Crippen molar-refractivity contribution in [2.75, 3.05) is 5.32 Å². The third-order valence-corrected chi connectivity index (χ3v) is 3.05. The highest BCUT2D eigenvalue weighted by Crippen LogP contribution is 2.20. The zero-order valence-corrected chi connectivity index (χ0v) is 12.3. The molecule has 0 fully saturated rings. The third kappa shape index (κ3) is 3.71. The van der Waals surface area contributed by atoms with Gasteiger partial charge in [-0.1, -0.05) is 15.9 Å². The van der Waals surface area contributed by atoms with Crippen LogP contribution in [0.4, 0.5) is 5.82 Å². The molecule has 6 heteroatoms. The number of benzene rings is 1. The van der Waals surface area contributed by atoms with E-state index in [4.69, 9.17) is 4.74 Å². The average molecular weight is 337 g/mol. The second kappa shape index (κ2) is 6.38. The summed E-state index contributed by atoms with van der Waals surface area (Å²) in [6.07, 6.45) is 0.771. The summed E-state index contributed by atoms with van der Waals surface area (Å²) in [7, 11) is 0. The van der Waals surface area contributed by atoms with E-state index in [9.17, 15) is 9.90 Å². The van der Waals surface area contributed by atoms with Crippen molar-refractivity contribution in [3.8, 4) is 11.5 Å². The van der Waals surface area contributed by atoms with Gasteiger partial charge in [0.2, 0.25) is 0 Å². The van der Waals surface area contributed by atoms with E-state index in [2.05, 4.69) is 26.2 Å². The Morgan fingerprint density at radius 2 is 2.05 bits per heavy atom. The molecule has 2 rings (SSSR count). The van der Waals surface area contributed by atoms with Crippen molar-refractivity contribution in [2.45, 2.75) is 13.0 Å². The summed E-state index contributed by atoms with van der Waals surface area (Å²) in [5, 5.41) is 12.0. The van der Waals surface area contributed by atoms with Crippen molar-refractivity contribution < 1.29 is 14.6 Å². The average Bonchev–Trinajstić information content (AvgIpc) is 2.44. The van der Waals surface area contributed by atoms with E-state index in [0.29, 0.717) is 5.75 Å². The number of amides is 1. The predicted molar refractivity (Wildman–Crippen MR) is 78.8 cm³/mol. The highest BCUT2D eigenvalue weighted by atomic mass is 79.9. The largest absolute Gasteiger partial charge is 0.504 e. The van der Waals surface area contributed by atoms with E-state index in [0.717, 1.165) is 4.47 Å². The predicted octanol–water partition coefficient (Wildman–Crippen LogP) is 2.96. The zero-order chi connectivity index (χ0) is 14.5. The summed E-state index contributed by atoms with van der Waals surface area (Å²) < 4.78 is 6.43. The van der Waals surface area contributed by atoms with Gasteiger partial charge in [-0.2, -0.15) is 0 Å². The highest BCUT2D eigenvalue weighted by Gasteiger charge is 2.16. The lowest BCUT2D eigenvalue weighted by Gasteiger charge is -2.14. The van der Waals surface area contributed by atoms with Gasteiger partial charge < -0.3 is 15.2 Å². The van der Waals surface area contributed by atoms with Crippen LogP contribution in [0.15, 0.2) is 47.1 Å². The summed E-state index contributed by atoms with van der Waals surface area (Å²) >= 11 is 3.32. The van der Waals surface area contributed by atoms with E-state index >= 15 is 0 Å². The van der Waals surface area contributed by atoms with Crippen LogP contribution in [0.1, 0.15) is 6.92 Å². The fourth-order valence-corrected chi connectivity index (χ4v) is 1.75. The molecular formula is C14H13BrN2O3. The first-order valence-electron chi connectivity index (χ1n) is 5.93. The Hall–Kier alpha value is -2.08. The lowest BCUT2D eigenvalue weighted by atomic mass is 10.3. The molecular weight excluding hydrogens is 324 g/mol. The fourth-order valence-electron chi connectivity index (χ4n) is 1.48. The van der Waals surface area contributed by atoms with E-state index < -0.39 is 6.10 Å². The molecule has 0 aliphatic carbocycles. The molecule has 1 aromatic heterocycles. The molecule has 1 atom stereocenters. The van der Waals surface area contributed by atoms with Gasteiger partial charge in [-0.05, 0) is 43.3 Å². The molecule has 5 nitrogen and oxygen atoms in total. The van der Waals surface area contributed by atoms with E-state index in [1.54, 1.807) is 25.1 Å². The molecule has 104 valence electrons. The molecule has 20 heavy (non-hydrogen) atoms. The fraction of sp³-hybridized carbons (Fsp3) is 0.143. The van der Waals surface area contributed by atoms with Crippen LogP contribution in [0.25, 0.3) is 0 Å². The number of anilines is 1. The number of halogens is 1. The maximum absolute atomic E-state index is 11.9. The lowest BCUT2D eigenvalue weighted by Crippen LogP contribution is -2.30. The van der Waals surface area contributed by atoms with Crippen molar-refractivity contribution >= 4 is 27.7 Å². The number of ether oxygens (including phenoxy) is 1. The van der Waals surface area contributed by atoms with Crippen LogP contribution in [0, 0.1) is 0 Å². The van der Waals surface area contributed by atoms with Gasteiger partial charge in [0.15, 0.2) is 17.7 Å². The van der Waals surface area contributed by atoms with Gasteiger partial charge in [0.05, 0.1) is 0 Å². The number of aromatic hydroxyl groups is 1. The van der Waals surface area contributed by atoms with Crippen LogP contribution in [0.3, 0.4) is 0 Å². The molecule has 1 unspecified atom stereocenters. The molecule has 0 aliphatic rings. The Labute approximate surface area is 124 Å². The van der Waals surface area contributed by atoms with Gasteiger partial charge in [0.1, 0.15) is 5.75 Å². The molecule has 1 amide bonds. The molecule has 2 aromatic rings. The normalized spacial score (nSPS) is 11.7. The molecule has 0 bridgehead atoms. The number of carbonyl (C=O) groups is 1. The number of nitrogens with zero attached hydrogens (tertiary/aromatic N) is 1. The SMILES string of the molecule is CC(Oc1ccc(Br)cc1)C(=O)Nc1ncccc1O. The molecule has 1 aromatic carbocycles. The van der Waals surface area contributed by atoms with Crippen LogP contribution in [-0.2, 0) is 4.79 Å². The first kappa shape index (κ1) is 14.3. The quantitative estimate of drug-likeness (QED) is 0.900. The standard InChI is InChI=1S/C14H13BrN2O3/c1-9(20-11-6-4-10(15)5-7-11)14(19)17-13-12(18)3-2-8-16-13/h2-9,18H,1H3,(H,16,17,19). The Morgan fingerprint density at radius 3 is 2.70 bits per heavy atom. The van der Waals surface area contributed by atoms with Gasteiger partial charge >= 0.3 is 0 Å². The van der Waals surface area contributed by atoms with Gasteiger partial charge in [-0.15, -0.1) is 0 Å². The second-order valence-electron chi connectivity index (χ2n) is 4.07. The molecule has 1 heterocycles. The molecule has 0 spiro atoms. The summed E-state index contributed by atoms with van der Waals surface area (Å²) in [5.74, 6) is 0.225. The second-order valence-corrected chi connectivity index (χ2v) is 4.99. The minimum Gasteiger partial charge on any atom is -0.504 e. The van der Waals surface area contributed by atoms with Gasteiger partial charge in [0, 0.05) is 10.7 Å². The molecule has 0 aliphatic heterocycles. The van der Waals surface area contributed by atoms with E-state index in [-0.39, 0.29) is 17.5 Å². The van der Waals surface area contributed by atoms with Crippen LogP contribution in [-0.4, -0.2) is 22.1 Å². The van der Waals surface area contributed by atoms with Gasteiger partial charge in [0.25, 0.3) is 5.91 Å². The van der Waals surface area contributed by atoms with Crippen molar-refractivity contribution in [1.82, 2.24) is 4.98 Å². The number of aromatic nitrogens is 1. The van der Waals surface area contributed by atoms with E-state index in [1.807, 2.05) is 12.1 Å². The summed E-state index contributed by atoms with van der Waals surface area (Å²) in [6, 6.07) is 10.2. The maximum Gasteiger partial charge on any atom is 0.266 e. The molecule has 2 N–H and O–H groups in total. The minimum atomic E-state index is -0.711. The smallest absolute Gasteiger partial charge is 0.266 e. The summed E-state index contributed by atoms with van der Waals surface area (Å²) in [4.78, 5) is 15.8. The van der Waals surface area contributed by atoms with Crippen LogP contribution < -0.4 is 10.1 Å². The van der Waals surface area contributed by atoms with Crippen LogP contribution in [0.5, 0.6) is 11.5 Å². The summed E-state index contributed by atoms with van der Waals surface area (Å²) in [5.41, 5.74) is 0. The van der Waals surface area contributed by atoms with Gasteiger partial charge in [-0.3, -0.25) is 4.79 Å². The van der Waals surface area contributed by atoms with Crippen molar-refractivity contribution in [3.63, 3.8) is 0 Å². The third-order valence-electron chi connectivity index (χ3n) is 2.52. The Kier molecular flexibility index (Phi) is 4.57. The van der Waals surface area contributed by atoms with Crippen molar-refractivity contribution in [1.29, 1.82) is 0 Å². The van der Waals surface area contributed by atoms with Gasteiger partial charge in [-0.25, -0.2) is 4.98 Å². The first-order valence-corrected chi connectivity index (χ1v) is 6.72. The van der Waals surface area contributed by atoms with Crippen LogP contribution in [0.2, 0.25) is 0 Å². The molecule has 0 saturated carbocycles. The van der Waals surface area contributed by atoms with Crippen molar-refractivity contribution in [3.05, 3.63) is 47.1 Å². The Balaban J connectivity index is 1.99. The number of hydrogen-bond donors (Lipinski definition) is 2. The zero-order valence-electron chi connectivity index (χ0n) is 10.7. The topological polar surface area (TPSA) is 71.5 Å². The van der Waals surface area contributed by atoms with Crippen LogP contribution >= 0.6 is 15.9 Å². The maximum atomic E-state index is 11.9. The number of pyridine rings is 1. The Bertz CT molecular complexity index is 602. The minimum absolute atomic E-state index is 0.0864. The first-order chi connectivity index (χ1) is 9.56. The highest BCUT2D eigenvalue weighted by molar-refractivity contribution is 9.10. The van der Waals surface area contributed by atoms with Crippen molar-refractivity contribution in [2.24, 2.45) is 0 Å². The number of carbonyl (C=O) groups excluding carboxylic acids is 1. The molecule has 0 saturated heterocycles. The monoisotopic (exact) mass is 336 g/mol. The lowest BCUT2D eigenvalue weighted by molar-refractivity contribution is -0.122.